The SMILES string of the molecule is Cc1cccc(-n2nc(C(=O)NCc3ccccc3-c3ccccc3)nc2CCc2ccccc2)c1. The molecule has 5 rings (SSSR count). The van der Waals surface area contributed by atoms with E-state index in [9.17, 15) is 4.79 Å². The van der Waals surface area contributed by atoms with E-state index in [4.69, 9.17) is 0 Å². The van der Waals surface area contributed by atoms with Gasteiger partial charge in [-0.05, 0) is 53.3 Å². The van der Waals surface area contributed by atoms with Crippen molar-refractivity contribution in [2.45, 2.75) is 26.3 Å². The Morgan fingerprint density at radius 1 is 0.806 bits per heavy atom. The van der Waals surface area contributed by atoms with Gasteiger partial charge in [0.15, 0.2) is 0 Å². The number of benzene rings is 4. The van der Waals surface area contributed by atoms with Crippen molar-refractivity contribution in [2.75, 3.05) is 0 Å². The van der Waals surface area contributed by atoms with E-state index in [2.05, 4.69) is 51.8 Å². The summed E-state index contributed by atoms with van der Waals surface area (Å²) in [6.45, 7) is 2.43. The number of hydrogen-bond donors (Lipinski definition) is 1. The van der Waals surface area contributed by atoms with Crippen molar-refractivity contribution in [3.63, 3.8) is 0 Å². The molecule has 0 saturated carbocycles. The predicted molar refractivity (Wildman–Crippen MR) is 143 cm³/mol. The summed E-state index contributed by atoms with van der Waals surface area (Å²) in [5.41, 5.74) is 6.51. The molecule has 5 heteroatoms. The van der Waals surface area contributed by atoms with E-state index >= 15 is 0 Å². The van der Waals surface area contributed by atoms with Crippen molar-refractivity contribution in [3.8, 4) is 16.8 Å². The van der Waals surface area contributed by atoms with Gasteiger partial charge in [0.2, 0.25) is 5.82 Å². The molecule has 0 saturated heterocycles. The van der Waals surface area contributed by atoms with Gasteiger partial charge in [0, 0.05) is 13.0 Å². The standard InChI is InChI=1S/C31H28N4O/c1-23-11-10-17-27(21-23)35-29(20-19-24-12-4-2-5-13-24)33-30(34-35)31(36)32-22-26-16-8-9-18-28(26)25-14-6-3-7-15-25/h2-18,21H,19-20,22H2,1H3,(H,32,36). The van der Waals surface area contributed by atoms with E-state index in [1.165, 1.54) is 5.56 Å². The average molecular weight is 473 g/mol. The minimum atomic E-state index is -0.287. The van der Waals surface area contributed by atoms with Crippen LogP contribution in [0, 0.1) is 6.92 Å². The van der Waals surface area contributed by atoms with Gasteiger partial charge in [-0.3, -0.25) is 4.79 Å². The lowest BCUT2D eigenvalue weighted by Gasteiger charge is -2.10. The van der Waals surface area contributed by atoms with Crippen LogP contribution >= 0.6 is 0 Å². The van der Waals surface area contributed by atoms with Gasteiger partial charge in [0.05, 0.1) is 5.69 Å². The molecule has 1 N–H and O–H groups in total. The third kappa shape index (κ3) is 5.41. The molecule has 0 fully saturated rings. The Kier molecular flexibility index (Phi) is 6.99. The molecule has 0 aliphatic carbocycles. The zero-order valence-corrected chi connectivity index (χ0v) is 20.3. The van der Waals surface area contributed by atoms with Crippen LogP contribution in [-0.4, -0.2) is 20.7 Å². The normalized spacial score (nSPS) is 10.8. The molecule has 178 valence electrons. The highest BCUT2D eigenvalue weighted by Crippen LogP contribution is 2.23. The van der Waals surface area contributed by atoms with Crippen molar-refractivity contribution in [3.05, 3.63) is 138 Å². The fraction of sp³-hybridized carbons (Fsp3) is 0.129. The highest BCUT2D eigenvalue weighted by Gasteiger charge is 2.18. The van der Waals surface area contributed by atoms with Crippen LogP contribution in [0.3, 0.4) is 0 Å². The molecule has 1 aromatic heterocycles. The summed E-state index contributed by atoms with van der Waals surface area (Å²) >= 11 is 0. The Labute approximate surface area is 211 Å². The zero-order chi connectivity index (χ0) is 24.7. The molecular weight excluding hydrogens is 444 g/mol. The second kappa shape index (κ2) is 10.8. The monoisotopic (exact) mass is 472 g/mol. The number of nitrogens with one attached hydrogen (secondary N) is 1. The predicted octanol–water partition coefficient (Wildman–Crippen LogP) is 5.96. The van der Waals surface area contributed by atoms with Crippen molar-refractivity contribution in [2.24, 2.45) is 0 Å². The summed E-state index contributed by atoms with van der Waals surface area (Å²) in [5, 5.41) is 7.65. The molecule has 0 unspecified atom stereocenters. The van der Waals surface area contributed by atoms with Crippen molar-refractivity contribution in [1.82, 2.24) is 20.1 Å². The third-order valence-electron chi connectivity index (χ3n) is 6.15. The molecule has 1 amide bonds. The number of hydrogen-bond acceptors (Lipinski definition) is 3. The smallest absolute Gasteiger partial charge is 0.291 e. The zero-order valence-electron chi connectivity index (χ0n) is 20.3. The number of aryl methyl sites for hydroxylation is 3. The molecule has 0 radical (unpaired) electrons. The maximum atomic E-state index is 13.2. The fourth-order valence-electron chi connectivity index (χ4n) is 4.30. The molecule has 0 aliphatic heterocycles. The number of nitrogens with zero attached hydrogens (tertiary/aromatic N) is 3. The Morgan fingerprint density at radius 3 is 2.31 bits per heavy atom. The van der Waals surface area contributed by atoms with Crippen LogP contribution in [0.25, 0.3) is 16.8 Å². The second-order valence-corrected chi connectivity index (χ2v) is 8.79. The molecule has 0 spiro atoms. The summed E-state index contributed by atoms with van der Waals surface area (Å²) in [6.07, 6.45) is 1.49. The first-order valence-electron chi connectivity index (χ1n) is 12.2. The molecule has 0 atom stereocenters. The lowest BCUT2D eigenvalue weighted by molar-refractivity contribution is 0.0940. The summed E-state index contributed by atoms with van der Waals surface area (Å²) in [4.78, 5) is 17.8. The van der Waals surface area contributed by atoms with Gasteiger partial charge in [-0.25, -0.2) is 9.67 Å². The van der Waals surface area contributed by atoms with Gasteiger partial charge >= 0.3 is 0 Å². The molecule has 36 heavy (non-hydrogen) atoms. The maximum Gasteiger partial charge on any atom is 0.291 e. The van der Waals surface area contributed by atoms with E-state index < -0.39 is 0 Å². The van der Waals surface area contributed by atoms with E-state index in [0.717, 1.165) is 40.2 Å². The van der Waals surface area contributed by atoms with E-state index in [-0.39, 0.29) is 11.7 Å². The molecule has 0 aliphatic rings. The van der Waals surface area contributed by atoms with Gasteiger partial charge in [-0.1, -0.05) is 97.1 Å². The number of carbonyl (C=O) groups is 1. The second-order valence-electron chi connectivity index (χ2n) is 8.79. The minimum Gasteiger partial charge on any atom is -0.345 e. The van der Waals surface area contributed by atoms with Crippen molar-refractivity contribution < 1.29 is 4.79 Å². The lowest BCUT2D eigenvalue weighted by atomic mass is 10.00. The van der Waals surface area contributed by atoms with Gasteiger partial charge in [-0.15, -0.1) is 5.10 Å². The van der Waals surface area contributed by atoms with Gasteiger partial charge < -0.3 is 5.32 Å². The van der Waals surface area contributed by atoms with Crippen LogP contribution in [0.2, 0.25) is 0 Å². The van der Waals surface area contributed by atoms with Gasteiger partial charge in [0.1, 0.15) is 5.82 Å². The van der Waals surface area contributed by atoms with Crippen LogP contribution < -0.4 is 5.32 Å². The fourth-order valence-corrected chi connectivity index (χ4v) is 4.30. The lowest BCUT2D eigenvalue weighted by Crippen LogP contribution is -2.24. The summed E-state index contributed by atoms with van der Waals surface area (Å²) in [6, 6.07) is 36.7. The first-order chi connectivity index (χ1) is 17.7. The minimum absolute atomic E-state index is 0.178. The highest BCUT2D eigenvalue weighted by atomic mass is 16.2. The third-order valence-corrected chi connectivity index (χ3v) is 6.15. The summed E-state index contributed by atoms with van der Waals surface area (Å²) in [7, 11) is 0. The number of aromatic nitrogens is 3. The van der Waals surface area contributed by atoms with Crippen LogP contribution in [0.4, 0.5) is 0 Å². The Hall–Kier alpha value is -4.51. The first-order valence-corrected chi connectivity index (χ1v) is 12.2. The quantitative estimate of drug-likeness (QED) is 0.303. The van der Waals surface area contributed by atoms with Crippen molar-refractivity contribution >= 4 is 5.91 Å². The highest BCUT2D eigenvalue weighted by molar-refractivity contribution is 5.90. The van der Waals surface area contributed by atoms with Crippen LogP contribution in [0.1, 0.15) is 33.1 Å². The van der Waals surface area contributed by atoms with Crippen molar-refractivity contribution in [1.29, 1.82) is 0 Å². The van der Waals surface area contributed by atoms with E-state index in [1.807, 2.05) is 79.7 Å². The van der Waals surface area contributed by atoms with Crippen LogP contribution in [0.15, 0.2) is 109 Å². The van der Waals surface area contributed by atoms with Gasteiger partial charge in [-0.2, -0.15) is 0 Å². The largest absolute Gasteiger partial charge is 0.345 e. The summed E-state index contributed by atoms with van der Waals surface area (Å²) < 4.78 is 1.79. The Morgan fingerprint density at radius 2 is 1.53 bits per heavy atom. The average Bonchev–Trinajstić information content (AvgIpc) is 3.36. The molecule has 4 aromatic carbocycles. The Balaban J connectivity index is 1.38. The topological polar surface area (TPSA) is 59.8 Å². The number of rotatable bonds is 8. The summed E-state index contributed by atoms with van der Waals surface area (Å²) in [5.74, 6) is 0.654. The molecule has 0 bridgehead atoms. The molecular formula is C31H28N4O. The van der Waals surface area contributed by atoms with E-state index in [0.29, 0.717) is 13.0 Å². The number of amides is 1. The number of carbonyl (C=O) groups excluding carboxylic acids is 1. The van der Waals surface area contributed by atoms with E-state index in [1.54, 1.807) is 4.68 Å². The van der Waals surface area contributed by atoms with Gasteiger partial charge in [0.25, 0.3) is 5.91 Å². The Bertz CT molecular complexity index is 1460. The maximum absolute atomic E-state index is 13.2. The molecule has 5 aromatic rings. The van der Waals surface area contributed by atoms with Crippen LogP contribution in [0.5, 0.6) is 0 Å². The molecule has 5 nitrogen and oxygen atoms in total. The first kappa shape index (κ1) is 23.2. The van der Waals surface area contributed by atoms with Crippen LogP contribution in [-0.2, 0) is 19.4 Å². The molecule has 1 heterocycles.